The summed E-state index contributed by atoms with van der Waals surface area (Å²) in [6.07, 6.45) is 0. The number of nitrogens with zero attached hydrogens (tertiary/aromatic N) is 5. The third kappa shape index (κ3) is 4.62. The van der Waals surface area contributed by atoms with E-state index in [1.165, 1.54) is 4.90 Å². The first kappa shape index (κ1) is 19.7. The van der Waals surface area contributed by atoms with E-state index in [4.69, 9.17) is 5.53 Å². The minimum absolute atomic E-state index is 0.235. The van der Waals surface area contributed by atoms with Gasteiger partial charge in [0.2, 0.25) is 0 Å². The van der Waals surface area contributed by atoms with Crippen LogP contribution in [0.5, 0.6) is 0 Å². The van der Waals surface area contributed by atoms with Crippen LogP contribution in [0.1, 0.15) is 33.1 Å². The number of amides is 1. The molecule has 142 valence electrons. The molecule has 0 aliphatic carbocycles. The van der Waals surface area contributed by atoms with E-state index in [0.29, 0.717) is 0 Å². The lowest BCUT2D eigenvalue weighted by molar-refractivity contribution is 0.0702. The molecule has 0 N–H and O–H groups in total. The van der Waals surface area contributed by atoms with E-state index in [0.717, 1.165) is 16.7 Å². The van der Waals surface area contributed by atoms with E-state index in [1.807, 2.05) is 61.5 Å². The maximum absolute atomic E-state index is 13.5. The van der Waals surface area contributed by atoms with Gasteiger partial charge < -0.3 is 4.90 Å². The summed E-state index contributed by atoms with van der Waals surface area (Å²) in [5.74, 6) is -0.371. The van der Waals surface area contributed by atoms with Gasteiger partial charge in [0.15, 0.2) is 0 Å². The highest BCUT2D eigenvalue weighted by Crippen LogP contribution is 2.28. The molecule has 1 atom stereocenters. The normalized spacial score (nSPS) is 11.0. The van der Waals surface area contributed by atoms with E-state index in [1.54, 1.807) is 24.3 Å². The molecule has 6 nitrogen and oxygen atoms in total. The summed E-state index contributed by atoms with van der Waals surface area (Å²) in [5, 5.41) is 13.6. The molecule has 0 aliphatic rings. The van der Waals surface area contributed by atoms with Crippen LogP contribution in [0.2, 0.25) is 0 Å². The minimum Gasteiger partial charge on any atom is -0.314 e. The van der Waals surface area contributed by atoms with Gasteiger partial charge in [0.25, 0.3) is 5.91 Å². The Balaban J connectivity index is 2.07. The molecule has 0 aromatic heterocycles. The van der Waals surface area contributed by atoms with Gasteiger partial charge >= 0.3 is 0 Å². The van der Waals surface area contributed by atoms with Gasteiger partial charge in [0, 0.05) is 17.0 Å². The maximum atomic E-state index is 13.5. The van der Waals surface area contributed by atoms with Crippen LogP contribution in [0.3, 0.4) is 0 Å². The molecule has 0 spiro atoms. The first-order chi connectivity index (χ1) is 14.1. The molecule has 1 unspecified atom stereocenters. The van der Waals surface area contributed by atoms with Crippen molar-refractivity contribution in [3.8, 4) is 6.07 Å². The Bertz CT molecular complexity index is 1080. The fourth-order valence-corrected chi connectivity index (χ4v) is 3.08. The van der Waals surface area contributed by atoms with Crippen molar-refractivity contribution in [2.75, 3.05) is 0 Å². The summed E-state index contributed by atoms with van der Waals surface area (Å²) in [7, 11) is 0. The lowest BCUT2D eigenvalue weighted by Crippen LogP contribution is -2.34. The second-order valence-electron chi connectivity index (χ2n) is 6.57. The van der Waals surface area contributed by atoms with Gasteiger partial charge in [-0.05, 0) is 29.6 Å². The Morgan fingerprint density at radius 2 is 1.72 bits per heavy atom. The monoisotopic (exact) mass is 381 g/mol. The number of hydrogen-bond donors (Lipinski definition) is 0. The van der Waals surface area contributed by atoms with Crippen LogP contribution in [0, 0.1) is 18.3 Å². The van der Waals surface area contributed by atoms with E-state index in [9.17, 15) is 10.1 Å². The van der Waals surface area contributed by atoms with Crippen LogP contribution < -0.4 is 0 Å². The summed E-state index contributed by atoms with van der Waals surface area (Å²) in [4.78, 5) is 17.8. The number of rotatable bonds is 6. The number of aryl methyl sites for hydroxylation is 1. The summed E-state index contributed by atoms with van der Waals surface area (Å²) < 4.78 is 0. The Labute approximate surface area is 169 Å². The fourth-order valence-electron chi connectivity index (χ4n) is 3.08. The summed E-state index contributed by atoms with van der Waals surface area (Å²) >= 11 is 0. The molecule has 3 aromatic carbocycles. The molecule has 0 radical (unpaired) electrons. The number of carbonyl (C=O) groups is 1. The topological polar surface area (TPSA) is 92.9 Å². The quantitative estimate of drug-likeness (QED) is 0.304. The van der Waals surface area contributed by atoms with Crippen molar-refractivity contribution in [3.63, 3.8) is 0 Å². The zero-order valence-corrected chi connectivity index (χ0v) is 15.9. The molecular weight excluding hydrogens is 362 g/mol. The second-order valence-corrected chi connectivity index (χ2v) is 6.57. The molecule has 0 heterocycles. The molecular formula is C23H19N5O. The first-order valence-electron chi connectivity index (χ1n) is 9.09. The highest BCUT2D eigenvalue weighted by molar-refractivity contribution is 5.99. The predicted octanol–water partition coefficient (Wildman–Crippen LogP) is 5.84. The van der Waals surface area contributed by atoms with Gasteiger partial charge in [0.1, 0.15) is 6.04 Å². The molecule has 29 heavy (non-hydrogen) atoms. The van der Waals surface area contributed by atoms with Crippen LogP contribution in [-0.4, -0.2) is 10.8 Å². The summed E-state index contributed by atoms with van der Waals surface area (Å²) in [6, 6.07) is 25.1. The zero-order valence-electron chi connectivity index (χ0n) is 15.9. The molecule has 6 heteroatoms. The summed E-state index contributed by atoms with van der Waals surface area (Å²) in [5.41, 5.74) is 12.0. The zero-order chi connectivity index (χ0) is 20.6. The standard InChI is InChI=1S/C23H19N5O/c1-17-11-13-19(14-12-17)22(15-24)28(16-18-7-3-2-4-8-18)23(29)20-9-5-6-10-21(20)26-27-25/h2-14,22H,16H2,1H3. The molecule has 3 rings (SSSR count). The van der Waals surface area contributed by atoms with Gasteiger partial charge in [-0.3, -0.25) is 4.79 Å². The average molecular weight is 381 g/mol. The average Bonchev–Trinajstić information content (AvgIpc) is 2.76. The van der Waals surface area contributed by atoms with Gasteiger partial charge in [-0.15, -0.1) is 0 Å². The van der Waals surface area contributed by atoms with E-state index >= 15 is 0 Å². The van der Waals surface area contributed by atoms with Crippen LogP contribution >= 0.6 is 0 Å². The SMILES string of the molecule is Cc1ccc(C(C#N)N(Cc2ccccc2)C(=O)c2ccccc2N=[N+]=[N-])cc1. The van der Waals surface area contributed by atoms with Crippen molar-refractivity contribution in [3.05, 3.63) is 112 Å². The van der Waals surface area contributed by atoms with Gasteiger partial charge in [-0.2, -0.15) is 5.26 Å². The smallest absolute Gasteiger partial charge is 0.255 e. The highest BCUT2D eigenvalue weighted by Gasteiger charge is 2.27. The third-order valence-electron chi connectivity index (χ3n) is 4.57. The Morgan fingerprint density at radius 1 is 1.07 bits per heavy atom. The largest absolute Gasteiger partial charge is 0.314 e. The van der Waals surface area contributed by atoms with Gasteiger partial charge in [-0.25, -0.2) is 0 Å². The lowest BCUT2D eigenvalue weighted by atomic mass is 10.0. The summed E-state index contributed by atoms with van der Waals surface area (Å²) in [6.45, 7) is 2.21. The minimum atomic E-state index is -0.789. The molecule has 0 aliphatic heterocycles. The van der Waals surface area contributed by atoms with Crippen LogP contribution in [0.4, 0.5) is 5.69 Å². The molecule has 3 aromatic rings. The second kappa shape index (κ2) is 9.23. The number of carbonyl (C=O) groups excluding carboxylic acids is 1. The van der Waals surface area contributed by atoms with Crippen LogP contribution in [0.15, 0.2) is 84.0 Å². The first-order valence-corrected chi connectivity index (χ1v) is 9.09. The van der Waals surface area contributed by atoms with Crippen molar-refractivity contribution in [2.24, 2.45) is 5.11 Å². The number of benzene rings is 3. The van der Waals surface area contributed by atoms with E-state index in [-0.39, 0.29) is 23.7 Å². The molecule has 0 bridgehead atoms. The molecule has 0 saturated carbocycles. The van der Waals surface area contributed by atoms with Crippen molar-refractivity contribution >= 4 is 11.6 Å². The number of nitriles is 1. The van der Waals surface area contributed by atoms with Gasteiger partial charge in [-0.1, -0.05) is 83.5 Å². The van der Waals surface area contributed by atoms with Crippen molar-refractivity contribution < 1.29 is 4.79 Å². The van der Waals surface area contributed by atoms with E-state index < -0.39 is 6.04 Å². The fraction of sp³-hybridized carbons (Fsp3) is 0.130. The van der Waals surface area contributed by atoms with Crippen molar-refractivity contribution in [2.45, 2.75) is 19.5 Å². The van der Waals surface area contributed by atoms with E-state index in [2.05, 4.69) is 16.1 Å². The molecule has 0 saturated heterocycles. The number of azide groups is 1. The van der Waals surface area contributed by atoms with Crippen molar-refractivity contribution in [1.29, 1.82) is 5.26 Å². The Morgan fingerprint density at radius 3 is 2.38 bits per heavy atom. The highest BCUT2D eigenvalue weighted by atomic mass is 16.2. The van der Waals surface area contributed by atoms with Crippen LogP contribution in [0.25, 0.3) is 10.4 Å². The van der Waals surface area contributed by atoms with Gasteiger partial charge in [0.05, 0.1) is 11.8 Å². The predicted molar refractivity (Wildman–Crippen MR) is 111 cm³/mol. The Hall–Kier alpha value is -4.07. The van der Waals surface area contributed by atoms with Crippen molar-refractivity contribution in [1.82, 2.24) is 4.90 Å². The maximum Gasteiger partial charge on any atom is 0.255 e. The third-order valence-corrected chi connectivity index (χ3v) is 4.57. The Kier molecular flexibility index (Phi) is 6.26. The molecule has 0 fully saturated rings. The molecule has 1 amide bonds. The number of hydrogen-bond acceptors (Lipinski definition) is 3. The lowest BCUT2D eigenvalue weighted by Gasteiger charge is -2.28. The van der Waals surface area contributed by atoms with Crippen LogP contribution in [-0.2, 0) is 6.54 Å².